The van der Waals surface area contributed by atoms with Crippen molar-refractivity contribution in [1.82, 2.24) is 15.0 Å². The van der Waals surface area contributed by atoms with Crippen LogP contribution in [0.3, 0.4) is 0 Å². The van der Waals surface area contributed by atoms with Gasteiger partial charge >= 0.3 is 0 Å². The molecule has 2 aromatic carbocycles. The Kier molecular flexibility index (Phi) is 6.40. The molecule has 0 aliphatic carbocycles. The van der Waals surface area contributed by atoms with E-state index in [2.05, 4.69) is 59.7 Å². The molecule has 0 atom stereocenters. The minimum Gasteiger partial charge on any atom is -0.369 e. The highest BCUT2D eigenvalue weighted by molar-refractivity contribution is 5.93. The van der Waals surface area contributed by atoms with E-state index in [0.717, 1.165) is 53.7 Å². The number of aromatic amines is 1. The Bertz CT molecular complexity index is 1160. The molecule has 4 rings (SSSR count). The van der Waals surface area contributed by atoms with E-state index in [0.29, 0.717) is 5.82 Å². The molecule has 0 amide bonds. The van der Waals surface area contributed by atoms with Crippen LogP contribution < -0.4 is 11.1 Å². The van der Waals surface area contributed by atoms with E-state index in [1.54, 1.807) is 0 Å². The van der Waals surface area contributed by atoms with Gasteiger partial charge in [0.15, 0.2) is 5.82 Å². The fourth-order valence-corrected chi connectivity index (χ4v) is 3.70. The molecule has 0 spiro atoms. The van der Waals surface area contributed by atoms with Gasteiger partial charge in [-0.15, -0.1) is 0 Å². The minimum absolute atomic E-state index is 0.710. The molecule has 2 heterocycles. The number of fused-ring (bicyclic) bond motifs is 2. The van der Waals surface area contributed by atoms with Crippen LogP contribution in [-0.4, -0.2) is 28.0 Å². The molecule has 4 aromatic rings. The van der Waals surface area contributed by atoms with Crippen molar-refractivity contribution in [3.05, 3.63) is 65.6 Å². The van der Waals surface area contributed by atoms with Gasteiger partial charge in [0.25, 0.3) is 0 Å². The van der Waals surface area contributed by atoms with Crippen molar-refractivity contribution >= 4 is 39.8 Å². The fourth-order valence-electron chi connectivity index (χ4n) is 3.70. The number of rotatable bonds is 9. The Morgan fingerprint density at radius 1 is 0.967 bits per heavy atom. The van der Waals surface area contributed by atoms with Crippen LogP contribution in [0.2, 0.25) is 0 Å². The molecule has 0 radical (unpaired) electrons. The second kappa shape index (κ2) is 9.55. The molecule has 0 bridgehead atoms. The first-order chi connectivity index (χ1) is 14.7. The lowest BCUT2D eigenvalue weighted by atomic mass is 10.1. The van der Waals surface area contributed by atoms with Crippen LogP contribution in [0.15, 0.2) is 48.7 Å². The van der Waals surface area contributed by atoms with E-state index >= 15 is 0 Å². The molecule has 4 N–H and O–H groups in total. The molecule has 2 aromatic heterocycles. The molecule has 0 unspecified atom stereocenters. The van der Waals surface area contributed by atoms with Crippen molar-refractivity contribution in [1.29, 1.82) is 0 Å². The van der Waals surface area contributed by atoms with E-state index in [4.69, 9.17) is 15.7 Å². The van der Waals surface area contributed by atoms with Crippen molar-refractivity contribution in [3.8, 4) is 0 Å². The summed E-state index contributed by atoms with van der Waals surface area (Å²) in [5.74, 6) is 1.61. The van der Waals surface area contributed by atoms with Gasteiger partial charge in [-0.05, 0) is 62.2 Å². The number of nitrogens with two attached hydrogens (primary N) is 1. The highest BCUT2D eigenvalue weighted by atomic mass is 15.0. The average molecular weight is 400 g/mol. The van der Waals surface area contributed by atoms with Gasteiger partial charge in [0.2, 0.25) is 0 Å². The number of hydrogen-bond acceptors (Lipinski definition) is 4. The van der Waals surface area contributed by atoms with Gasteiger partial charge in [-0.3, -0.25) is 0 Å². The maximum Gasteiger partial charge on any atom is 0.154 e. The second-order valence-corrected chi connectivity index (χ2v) is 7.70. The first-order valence-corrected chi connectivity index (χ1v) is 10.7. The number of aromatic nitrogens is 3. The Morgan fingerprint density at radius 2 is 1.83 bits per heavy atom. The maximum atomic E-state index is 5.58. The Balaban J connectivity index is 1.58. The molecule has 0 aliphatic heterocycles. The van der Waals surface area contributed by atoms with Crippen LogP contribution in [-0.2, 0) is 0 Å². The number of hydrogen-bond donors (Lipinski definition) is 3. The number of H-pyrrole nitrogens is 1. The molecule has 5 heteroatoms. The summed E-state index contributed by atoms with van der Waals surface area (Å²) in [6.07, 6.45) is 10.6. The third-order valence-corrected chi connectivity index (χ3v) is 5.33. The molecule has 0 fully saturated rings. The lowest BCUT2D eigenvalue weighted by Gasteiger charge is -2.10. The van der Waals surface area contributed by atoms with E-state index in [-0.39, 0.29) is 0 Å². The van der Waals surface area contributed by atoms with Crippen molar-refractivity contribution in [2.75, 3.05) is 18.4 Å². The summed E-state index contributed by atoms with van der Waals surface area (Å²) in [4.78, 5) is 12.9. The predicted octanol–water partition coefficient (Wildman–Crippen LogP) is 5.52. The Labute approximate surface area is 177 Å². The van der Waals surface area contributed by atoms with Gasteiger partial charge in [-0.25, -0.2) is 9.97 Å². The molecule has 5 nitrogen and oxygen atoms in total. The maximum absolute atomic E-state index is 5.58. The Morgan fingerprint density at radius 3 is 2.73 bits per heavy atom. The van der Waals surface area contributed by atoms with Crippen LogP contribution in [0.4, 0.5) is 5.82 Å². The molecule has 154 valence electrons. The number of nitrogens with one attached hydrogen (secondary N) is 2. The number of aryl methyl sites for hydroxylation is 1. The smallest absolute Gasteiger partial charge is 0.154 e. The molecule has 0 saturated heterocycles. The number of nitrogens with zero attached hydrogens (tertiary/aromatic N) is 2. The lowest BCUT2D eigenvalue weighted by molar-refractivity contribution is 0.661. The minimum atomic E-state index is 0.710. The average Bonchev–Trinajstić information content (AvgIpc) is 3.18. The standard InChI is InChI=1S/C25H29N5/c1-18-10-12-23-21(16-18)25(27-15-7-3-2-6-14-26)30-24(29-23)13-11-19-17-28-22-9-5-4-8-20(19)22/h4-5,8-13,16-17,28H,2-3,6-7,14-15,26H2,1H3,(H,27,29,30). The van der Waals surface area contributed by atoms with Gasteiger partial charge in [0.05, 0.1) is 5.52 Å². The highest BCUT2D eigenvalue weighted by Gasteiger charge is 2.07. The Hall–Kier alpha value is -3.18. The summed E-state index contributed by atoms with van der Waals surface area (Å²) < 4.78 is 0. The number of unbranched alkanes of at least 4 members (excludes halogenated alkanes) is 3. The van der Waals surface area contributed by atoms with E-state index in [9.17, 15) is 0 Å². The summed E-state index contributed by atoms with van der Waals surface area (Å²) in [7, 11) is 0. The highest BCUT2D eigenvalue weighted by Crippen LogP contribution is 2.24. The number of para-hydroxylation sites is 1. The third kappa shape index (κ3) is 4.69. The molecule has 30 heavy (non-hydrogen) atoms. The summed E-state index contributed by atoms with van der Waals surface area (Å²) >= 11 is 0. The van der Waals surface area contributed by atoms with Crippen molar-refractivity contribution in [2.45, 2.75) is 32.6 Å². The molecular weight excluding hydrogens is 370 g/mol. The van der Waals surface area contributed by atoms with Crippen LogP contribution in [0, 0.1) is 6.92 Å². The van der Waals surface area contributed by atoms with Gasteiger partial charge in [-0.2, -0.15) is 0 Å². The van der Waals surface area contributed by atoms with Crippen LogP contribution >= 0.6 is 0 Å². The normalized spacial score (nSPS) is 11.7. The third-order valence-electron chi connectivity index (χ3n) is 5.33. The summed E-state index contributed by atoms with van der Waals surface area (Å²) in [6, 6.07) is 14.6. The van der Waals surface area contributed by atoms with Crippen molar-refractivity contribution in [2.24, 2.45) is 5.73 Å². The van der Waals surface area contributed by atoms with E-state index in [1.807, 2.05) is 18.3 Å². The summed E-state index contributed by atoms with van der Waals surface area (Å²) in [6.45, 7) is 3.77. The topological polar surface area (TPSA) is 79.6 Å². The molecular formula is C25H29N5. The van der Waals surface area contributed by atoms with Crippen LogP contribution in [0.25, 0.3) is 34.0 Å². The summed E-state index contributed by atoms with van der Waals surface area (Å²) in [5, 5.41) is 5.80. The number of anilines is 1. The lowest BCUT2D eigenvalue weighted by Crippen LogP contribution is -2.06. The van der Waals surface area contributed by atoms with Gasteiger partial charge in [0, 0.05) is 29.0 Å². The quantitative estimate of drug-likeness (QED) is 0.324. The second-order valence-electron chi connectivity index (χ2n) is 7.70. The first kappa shape index (κ1) is 20.1. The van der Waals surface area contributed by atoms with Crippen molar-refractivity contribution in [3.63, 3.8) is 0 Å². The fraction of sp³-hybridized carbons (Fsp3) is 0.280. The molecule has 0 saturated carbocycles. The predicted molar refractivity (Wildman–Crippen MR) is 128 cm³/mol. The van der Waals surface area contributed by atoms with Crippen molar-refractivity contribution < 1.29 is 0 Å². The molecule has 0 aliphatic rings. The zero-order chi connectivity index (χ0) is 20.8. The first-order valence-electron chi connectivity index (χ1n) is 10.7. The summed E-state index contributed by atoms with van der Waals surface area (Å²) in [5.41, 5.74) is 10.0. The van der Waals surface area contributed by atoms with E-state index in [1.165, 1.54) is 23.8 Å². The SMILES string of the molecule is Cc1ccc2nc(C=Cc3c[nH]c4ccccc34)nc(NCCCCCCN)c2c1. The van der Waals surface area contributed by atoms with Crippen LogP contribution in [0.5, 0.6) is 0 Å². The van der Waals surface area contributed by atoms with Crippen LogP contribution in [0.1, 0.15) is 42.6 Å². The van der Waals surface area contributed by atoms with Gasteiger partial charge < -0.3 is 16.0 Å². The van der Waals surface area contributed by atoms with E-state index < -0.39 is 0 Å². The van der Waals surface area contributed by atoms with Gasteiger partial charge in [0.1, 0.15) is 5.82 Å². The monoisotopic (exact) mass is 399 g/mol. The zero-order valence-electron chi connectivity index (χ0n) is 17.5. The van der Waals surface area contributed by atoms with Gasteiger partial charge in [-0.1, -0.05) is 42.7 Å². The number of benzene rings is 2. The largest absolute Gasteiger partial charge is 0.369 e. The zero-order valence-corrected chi connectivity index (χ0v) is 17.5.